The topological polar surface area (TPSA) is 38.3 Å². The third-order valence-corrected chi connectivity index (χ3v) is 4.19. The van der Waals surface area contributed by atoms with E-state index in [0.717, 1.165) is 18.5 Å². The maximum atomic E-state index is 14.2. The highest BCUT2D eigenvalue weighted by atomic mass is 32.2. The molecule has 2 aromatic rings. The summed E-state index contributed by atoms with van der Waals surface area (Å²) in [4.78, 5) is 7.78. The highest BCUT2D eigenvalue weighted by Gasteiger charge is 2.52. The van der Waals surface area contributed by atoms with Crippen molar-refractivity contribution in [2.75, 3.05) is 12.9 Å². The van der Waals surface area contributed by atoms with Gasteiger partial charge in [-0.2, -0.15) is 13.2 Å². The number of alkyl halides is 3. The molecule has 3 heterocycles. The second-order valence-electron chi connectivity index (χ2n) is 4.74. The molecule has 0 saturated carbocycles. The van der Waals surface area contributed by atoms with Crippen molar-refractivity contribution >= 4 is 11.8 Å². The van der Waals surface area contributed by atoms with E-state index in [9.17, 15) is 17.6 Å². The van der Waals surface area contributed by atoms with Crippen LogP contribution in [0, 0.1) is 5.82 Å². The van der Waals surface area contributed by atoms with Gasteiger partial charge < -0.3 is 4.74 Å². The number of pyridine rings is 2. The van der Waals surface area contributed by atoms with Crippen LogP contribution in [0.4, 0.5) is 17.6 Å². The SMILES string of the molecule is CSc1cncc(F)c1C1(c2ccc(C(F)(F)F)nc2)CO1. The van der Waals surface area contributed by atoms with E-state index < -0.39 is 23.3 Å². The van der Waals surface area contributed by atoms with Crippen molar-refractivity contribution in [3.05, 3.63) is 53.4 Å². The van der Waals surface area contributed by atoms with Crippen LogP contribution in [0.1, 0.15) is 16.8 Å². The molecular formula is C14H10F4N2OS. The van der Waals surface area contributed by atoms with Crippen molar-refractivity contribution < 1.29 is 22.3 Å². The Balaban J connectivity index is 2.05. The molecule has 0 aromatic carbocycles. The molecule has 0 bridgehead atoms. The molecule has 1 unspecified atom stereocenters. The summed E-state index contributed by atoms with van der Waals surface area (Å²) in [7, 11) is 0. The fourth-order valence-corrected chi connectivity index (χ4v) is 2.92. The van der Waals surface area contributed by atoms with Crippen LogP contribution in [0.2, 0.25) is 0 Å². The highest BCUT2D eigenvalue weighted by Crippen LogP contribution is 2.49. The van der Waals surface area contributed by atoms with Crippen LogP contribution in [-0.4, -0.2) is 22.8 Å². The van der Waals surface area contributed by atoms with Crippen LogP contribution in [-0.2, 0) is 16.5 Å². The summed E-state index contributed by atoms with van der Waals surface area (Å²) >= 11 is 1.30. The number of hydrogen-bond acceptors (Lipinski definition) is 4. The summed E-state index contributed by atoms with van der Waals surface area (Å²) < 4.78 is 57.3. The molecule has 3 nitrogen and oxygen atoms in total. The molecule has 1 aliphatic heterocycles. The molecule has 0 amide bonds. The van der Waals surface area contributed by atoms with Crippen molar-refractivity contribution in [1.82, 2.24) is 9.97 Å². The van der Waals surface area contributed by atoms with E-state index in [2.05, 4.69) is 9.97 Å². The smallest absolute Gasteiger partial charge is 0.359 e. The maximum Gasteiger partial charge on any atom is 0.433 e. The minimum atomic E-state index is -4.51. The fourth-order valence-electron chi connectivity index (χ4n) is 2.29. The Bertz CT molecular complexity index is 699. The van der Waals surface area contributed by atoms with Crippen molar-refractivity contribution in [1.29, 1.82) is 0 Å². The van der Waals surface area contributed by atoms with Gasteiger partial charge in [0.1, 0.15) is 17.1 Å². The Labute approximate surface area is 127 Å². The van der Waals surface area contributed by atoms with E-state index in [1.165, 1.54) is 24.0 Å². The normalized spacial score (nSPS) is 21.0. The molecule has 0 aliphatic carbocycles. The average Bonchev–Trinajstić information content (AvgIpc) is 3.27. The zero-order valence-electron chi connectivity index (χ0n) is 11.3. The molecule has 0 radical (unpaired) electrons. The van der Waals surface area contributed by atoms with Gasteiger partial charge in [0.25, 0.3) is 0 Å². The van der Waals surface area contributed by atoms with Gasteiger partial charge >= 0.3 is 6.18 Å². The Morgan fingerprint density at radius 1 is 1.23 bits per heavy atom. The third kappa shape index (κ3) is 2.46. The number of hydrogen-bond donors (Lipinski definition) is 0. The molecule has 1 saturated heterocycles. The van der Waals surface area contributed by atoms with Crippen molar-refractivity contribution in [2.45, 2.75) is 16.7 Å². The standard InChI is InChI=1S/C14H10F4N2OS/c1-22-10-6-19-5-9(15)12(10)13(7-21-13)8-2-3-11(20-4-8)14(16,17)18/h2-6H,7H2,1H3. The average molecular weight is 330 g/mol. The summed E-state index contributed by atoms with van der Waals surface area (Å²) in [6, 6.07) is 2.14. The number of epoxide rings is 1. The van der Waals surface area contributed by atoms with Gasteiger partial charge in [0.15, 0.2) is 0 Å². The first-order valence-electron chi connectivity index (χ1n) is 6.24. The summed E-state index contributed by atoms with van der Waals surface area (Å²) in [5.41, 5.74) is -1.40. The van der Waals surface area contributed by atoms with Crippen LogP contribution in [0.25, 0.3) is 0 Å². The van der Waals surface area contributed by atoms with Gasteiger partial charge in [0.05, 0.1) is 12.8 Å². The predicted molar refractivity (Wildman–Crippen MR) is 71.9 cm³/mol. The molecule has 22 heavy (non-hydrogen) atoms. The van der Waals surface area contributed by atoms with Crippen LogP contribution >= 0.6 is 11.8 Å². The van der Waals surface area contributed by atoms with E-state index in [0.29, 0.717) is 10.5 Å². The van der Waals surface area contributed by atoms with Gasteiger partial charge in [0.2, 0.25) is 0 Å². The number of nitrogens with zero attached hydrogens (tertiary/aromatic N) is 2. The summed E-state index contributed by atoms with van der Waals surface area (Å²) in [5.74, 6) is -0.552. The summed E-state index contributed by atoms with van der Waals surface area (Å²) in [5, 5.41) is 0. The zero-order valence-corrected chi connectivity index (χ0v) is 12.1. The van der Waals surface area contributed by atoms with Crippen molar-refractivity contribution in [3.63, 3.8) is 0 Å². The largest absolute Gasteiger partial charge is 0.433 e. The number of rotatable bonds is 3. The van der Waals surface area contributed by atoms with Gasteiger partial charge in [-0.05, 0) is 12.3 Å². The van der Waals surface area contributed by atoms with Gasteiger partial charge in [0, 0.05) is 28.4 Å². The first-order valence-corrected chi connectivity index (χ1v) is 7.46. The molecule has 1 atom stereocenters. The van der Waals surface area contributed by atoms with Crippen LogP contribution in [0.5, 0.6) is 0 Å². The Hall–Kier alpha value is -1.67. The van der Waals surface area contributed by atoms with Gasteiger partial charge in [-0.3, -0.25) is 9.97 Å². The number of aromatic nitrogens is 2. The Morgan fingerprint density at radius 2 is 1.95 bits per heavy atom. The molecule has 1 fully saturated rings. The molecule has 116 valence electrons. The number of halogens is 4. The number of thioether (sulfide) groups is 1. The predicted octanol–water partition coefficient (Wildman–Crippen LogP) is 3.63. The molecule has 0 spiro atoms. The minimum absolute atomic E-state index is 0.189. The highest BCUT2D eigenvalue weighted by molar-refractivity contribution is 7.98. The zero-order chi connectivity index (χ0) is 16.0. The second-order valence-corrected chi connectivity index (χ2v) is 5.59. The van der Waals surface area contributed by atoms with Crippen LogP contribution < -0.4 is 0 Å². The van der Waals surface area contributed by atoms with Crippen LogP contribution in [0.3, 0.4) is 0 Å². The van der Waals surface area contributed by atoms with Crippen molar-refractivity contribution in [2.24, 2.45) is 0 Å². The van der Waals surface area contributed by atoms with E-state index in [-0.39, 0.29) is 12.2 Å². The van der Waals surface area contributed by atoms with Gasteiger partial charge in [-0.1, -0.05) is 6.07 Å². The lowest BCUT2D eigenvalue weighted by molar-refractivity contribution is -0.141. The monoisotopic (exact) mass is 330 g/mol. The molecule has 3 rings (SSSR count). The Morgan fingerprint density at radius 3 is 2.45 bits per heavy atom. The lowest BCUT2D eigenvalue weighted by atomic mass is 9.93. The second kappa shape index (κ2) is 5.20. The molecule has 0 N–H and O–H groups in total. The molecular weight excluding hydrogens is 320 g/mol. The molecule has 8 heteroatoms. The van der Waals surface area contributed by atoms with Crippen LogP contribution in [0.15, 0.2) is 35.6 Å². The van der Waals surface area contributed by atoms with E-state index in [4.69, 9.17) is 4.74 Å². The van der Waals surface area contributed by atoms with Crippen molar-refractivity contribution in [3.8, 4) is 0 Å². The number of ether oxygens (including phenoxy) is 1. The van der Waals surface area contributed by atoms with Gasteiger partial charge in [-0.15, -0.1) is 11.8 Å². The van der Waals surface area contributed by atoms with E-state index >= 15 is 0 Å². The molecule has 1 aliphatic rings. The quantitative estimate of drug-likeness (QED) is 0.489. The third-order valence-electron chi connectivity index (χ3n) is 3.44. The lowest BCUT2D eigenvalue weighted by Gasteiger charge is -2.17. The molecule has 2 aromatic heterocycles. The van der Waals surface area contributed by atoms with E-state index in [1.807, 2.05) is 0 Å². The van der Waals surface area contributed by atoms with E-state index in [1.54, 1.807) is 6.26 Å². The fraction of sp³-hybridized carbons (Fsp3) is 0.286. The lowest BCUT2D eigenvalue weighted by Crippen LogP contribution is -2.16. The van der Waals surface area contributed by atoms with Gasteiger partial charge in [-0.25, -0.2) is 4.39 Å². The minimum Gasteiger partial charge on any atom is -0.359 e. The summed E-state index contributed by atoms with van der Waals surface area (Å²) in [6.07, 6.45) is 0.906. The first kappa shape index (κ1) is 15.2. The maximum absolute atomic E-state index is 14.2. The summed E-state index contributed by atoms with van der Waals surface area (Å²) in [6.45, 7) is 0.189. The first-order chi connectivity index (χ1) is 10.4. The Kier molecular flexibility index (Phi) is 3.60.